The number of benzene rings is 2. The summed E-state index contributed by atoms with van der Waals surface area (Å²) >= 11 is 4.13. The molecule has 2 rings (SSSR count). The zero-order valence-electron chi connectivity index (χ0n) is 16.1. The lowest BCUT2D eigenvalue weighted by Gasteiger charge is -2.28. The largest absolute Gasteiger partial charge is 0.243 e. The third-order valence-electron chi connectivity index (χ3n) is 4.66. The van der Waals surface area contributed by atoms with Crippen molar-refractivity contribution in [2.24, 2.45) is 0 Å². The molecule has 0 radical (unpaired) electrons. The zero-order chi connectivity index (χ0) is 18.3. The molecule has 4 heteroatoms. The number of hydrogen-bond donors (Lipinski definition) is 0. The lowest BCUT2D eigenvalue weighted by atomic mass is 9.63. The van der Waals surface area contributed by atoms with E-state index in [1.165, 1.54) is 16.1 Å². The second-order valence-corrected chi connectivity index (χ2v) is 16.2. The minimum absolute atomic E-state index is 0.579. The molecule has 0 aliphatic heterocycles. The van der Waals surface area contributed by atoms with E-state index in [-0.39, 0.29) is 0 Å². The Morgan fingerprint density at radius 1 is 0.880 bits per heavy atom. The average Bonchev–Trinajstić information content (AvgIpc) is 2.62. The third-order valence-corrected chi connectivity index (χ3v) is 12.4. The van der Waals surface area contributed by atoms with Crippen molar-refractivity contribution in [2.45, 2.75) is 56.4 Å². The van der Waals surface area contributed by atoms with Crippen LogP contribution in [0, 0.1) is 0 Å². The minimum atomic E-state index is -1.54. The van der Waals surface area contributed by atoms with E-state index in [4.69, 9.17) is 0 Å². The van der Waals surface area contributed by atoms with Crippen molar-refractivity contribution >= 4 is 36.0 Å². The fraction of sp³-hybridized carbons (Fsp3) is 0.333. The number of rotatable bonds is 8. The Morgan fingerprint density at radius 2 is 1.40 bits per heavy atom. The summed E-state index contributed by atoms with van der Waals surface area (Å²) in [5.41, 5.74) is 1.66. The Balaban J connectivity index is 2.26. The predicted octanol–water partition coefficient (Wildman–Crippen LogP) is 7.59. The van der Waals surface area contributed by atoms with Crippen LogP contribution in [-0.4, -0.2) is 13.2 Å². The molecule has 0 heterocycles. The molecule has 0 aromatic heterocycles. The van der Waals surface area contributed by atoms with Crippen LogP contribution in [0.2, 0.25) is 19.4 Å². The van der Waals surface area contributed by atoms with Gasteiger partial charge < -0.3 is 0 Å². The molecular formula is C21H29BS2Si. The summed E-state index contributed by atoms with van der Waals surface area (Å²) in [4.78, 5) is 2.78. The Kier molecular flexibility index (Phi) is 7.98. The molecule has 0 N–H and O–H groups in total. The Morgan fingerprint density at radius 3 is 1.88 bits per heavy atom. The van der Waals surface area contributed by atoms with E-state index in [2.05, 4.69) is 106 Å². The van der Waals surface area contributed by atoms with Gasteiger partial charge in [0.1, 0.15) is 7.22 Å². The second kappa shape index (κ2) is 9.75. The van der Waals surface area contributed by atoms with Gasteiger partial charge in [0.15, 0.2) is 0 Å². The highest BCUT2D eigenvalue weighted by Gasteiger charge is 2.30. The van der Waals surface area contributed by atoms with E-state index in [0.717, 1.165) is 6.42 Å². The first kappa shape index (κ1) is 20.5. The molecule has 0 aliphatic rings. The Hall–Kier alpha value is -0.838. The fourth-order valence-corrected chi connectivity index (χ4v) is 9.63. The molecule has 0 unspecified atom stereocenters. The van der Waals surface area contributed by atoms with Gasteiger partial charge in [-0.15, -0.1) is 11.2 Å². The van der Waals surface area contributed by atoms with Crippen LogP contribution in [0.4, 0.5) is 0 Å². The molecule has 2 aromatic rings. The molecule has 0 amide bonds. The maximum atomic E-state index is 2.50. The molecule has 0 bridgehead atoms. The van der Waals surface area contributed by atoms with Gasteiger partial charge in [-0.25, -0.2) is 0 Å². The SMILES string of the molecule is CCB(Sc1ccccc1)/C(CC)=C(/C)[Si](C)(C)Sc1ccccc1. The lowest BCUT2D eigenvalue weighted by molar-refractivity contribution is 1.16. The topological polar surface area (TPSA) is 0 Å². The number of hydrogen-bond acceptors (Lipinski definition) is 2. The van der Waals surface area contributed by atoms with Crippen LogP contribution in [0.3, 0.4) is 0 Å². The van der Waals surface area contributed by atoms with Crippen molar-refractivity contribution in [3.05, 3.63) is 71.3 Å². The molecule has 2 aromatic carbocycles. The van der Waals surface area contributed by atoms with E-state index in [1.807, 2.05) is 11.6 Å². The van der Waals surface area contributed by atoms with Crippen LogP contribution in [0.25, 0.3) is 0 Å². The van der Waals surface area contributed by atoms with Gasteiger partial charge in [0.05, 0.1) is 0 Å². The highest BCUT2D eigenvalue weighted by Crippen LogP contribution is 2.39. The van der Waals surface area contributed by atoms with Crippen molar-refractivity contribution in [1.29, 1.82) is 0 Å². The maximum Gasteiger partial charge on any atom is 0.243 e. The summed E-state index contributed by atoms with van der Waals surface area (Å²) < 4.78 is 0. The van der Waals surface area contributed by atoms with Gasteiger partial charge in [-0.1, -0.05) is 80.3 Å². The van der Waals surface area contributed by atoms with E-state index >= 15 is 0 Å². The van der Waals surface area contributed by atoms with Crippen molar-refractivity contribution in [3.63, 3.8) is 0 Å². The van der Waals surface area contributed by atoms with Gasteiger partial charge in [-0.3, -0.25) is 0 Å². The summed E-state index contributed by atoms with van der Waals surface area (Å²) in [6.07, 6.45) is 2.33. The fourth-order valence-electron chi connectivity index (χ4n) is 3.04. The molecule has 0 spiro atoms. The van der Waals surface area contributed by atoms with Crippen molar-refractivity contribution < 1.29 is 0 Å². The van der Waals surface area contributed by atoms with Gasteiger partial charge in [0.2, 0.25) is 5.99 Å². The van der Waals surface area contributed by atoms with Gasteiger partial charge in [-0.2, -0.15) is 11.6 Å². The second-order valence-electron chi connectivity index (χ2n) is 6.76. The van der Waals surface area contributed by atoms with Crippen molar-refractivity contribution in [3.8, 4) is 0 Å². The van der Waals surface area contributed by atoms with Gasteiger partial charge >= 0.3 is 0 Å². The monoisotopic (exact) mass is 384 g/mol. The summed E-state index contributed by atoms with van der Waals surface area (Å²) in [5.74, 6) is 0.579. The first-order valence-electron chi connectivity index (χ1n) is 9.13. The van der Waals surface area contributed by atoms with Crippen molar-refractivity contribution in [1.82, 2.24) is 0 Å². The molecule has 0 aliphatic carbocycles. The van der Waals surface area contributed by atoms with Crippen LogP contribution in [0.15, 0.2) is 81.1 Å². The van der Waals surface area contributed by atoms with Gasteiger partial charge in [0, 0.05) is 4.90 Å². The highest BCUT2D eigenvalue weighted by atomic mass is 32.4. The van der Waals surface area contributed by atoms with Crippen molar-refractivity contribution in [2.75, 3.05) is 0 Å². The van der Waals surface area contributed by atoms with E-state index in [1.54, 1.807) is 10.7 Å². The predicted molar refractivity (Wildman–Crippen MR) is 121 cm³/mol. The van der Waals surface area contributed by atoms with Crippen LogP contribution < -0.4 is 0 Å². The summed E-state index contributed by atoms with van der Waals surface area (Å²) in [5, 5.41) is 1.67. The molecule has 132 valence electrons. The molecule has 0 fully saturated rings. The van der Waals surface area contributed by atoms with Gasteiger partial charge in [-0.05, 0) is 42.5 Å². The third kappa shape index (κ3) is 5.83. The lowest BCUT2D eigenvalue weighted by Crippen LogP contribution is -2.28. The molecule has 0 atom stereocenters. The highest BCUT2D eigenvalue weighted by molar-refractivity contribution is 8.29. The summed E-state index contributed by atoms with van der Waals surface area (Å²) in [6.45, 7) is 12.0. The average molecular weight is 384 g/mol. The Labute approximate surface area is 163 Å². The molecule has 0 saturated heterocycles. The van der Waals surface area contributed by atoms with E-state index in [0.29, 0.717) is 5.99 Å². The molecule has 25 heavy (non-hydrogen) atoms. The first-order chi connectivity index (χ1) is 12.0. The smallest absolute Gasteiger partial charge is 0.170 e. The van der Waals surface area contributed by atoms with Gasteiger partial charge in [0.25, 0.3) is 0 Å². The summed E-state index contributed by atoms with van der Waals surface area (Å²) in [6, 6.07) is 21.7. The van der Waals surface area contributed by atoms with Crippen LogP contribution in [-0.2, 0) is 0 Å². The van der Waals surface area contributed by atoms with E-state index < -0.39 is 7.22 Å². The summed E-state index contributed by atoms with van der Waals surface area (Å²) in [7, 11) is -1.54. The normalized spacial score (nSPS) is 12.7. The quantitative estimate of drug-likeness (QED) is 0.430. The molecular weight excluding hydrogens is 355 g/mol. The van der Waals surface area contributed by atoms with E-state index in [9.17, 15) is 0 Å². The molecule has 0 nitrogen and oxygen atoms in total. The molecule has 0 saturated carbocycles. The van der Waals surface area contributed by atoms with Crippen LogP contribution in [0.5, 0.6) is 0 Å². The first-order valence-corrected chi connectivity index (χ1v) is 14.6. The van der Waals surface area contributed by atoms with Crippen LogP contribution in [0.1, 0.15) is 27.2 Å². The maximum absolute atomic E-state index is 2.50. The standard InChI is InChI=1S/C21H29BS2Si/c1-6-21(22(7-2)23-19-14-10-8-11-15-19)18(3)25(4,5)24-20-16-12-9-13-17-20/h8-17H,6-7H2,1-5H3/b21-18-. The Bertz CT molecular complexity index is 684. The number of allylic oxidation sites excluding steroid dienone is 2. The minimum Gasteiger partial charge on any atom is -0.170 e. The van der Waals surface area contributed by atoms with Crippen LogP contribution >= 0.6 is 22.8 Å². The zero-order valence-corrected chi connectivity index (χ0v) is 18.7.